The molecule has 3 unspecified atom stereocenters. The summed E-state index contributed by atoms with van der Waals surface area (Å²) in [5.41, 5.74) is 2.51. The third-order valence-corrected chi connectivity index (χ3v) is 3.73. The average molecular weight is 235 g/mol. The van der Waals surface area contributed by atoms with E-state index in [0.717, 1.165) is 17.7 Å². The number of hydrogen-bond donors (Lipinski definition) is 3. The highest BCUT2D eigenvalue weighted by molar-refractivity contribution is 5.41. The van der Waals surface area contributed by atoms with E-state index in [9.17, 15) is 0 Å². The molecule has 4 N–H and O–H groups in total. The Labute approximate surface area is 102 Å². The lowest BCUT2D eigenvalue weighted by Gasteiger charge is -2.32. The molecule has 1 aromatic rings. The molecule has 1 fully saturated rings. The average Bonchev–Trinajstić information content (AvgIpc) is 2.34. The van der Waals surface area contributed by atoms with Crippen LogP contribution in [0.3, 0.4) is 0 Å². The zero-order valence-electron chi connectivity index (χ0n) is 10.5. The zero-order valence-corrected chi connectivity index (χ0v) is 10.5. The van der Waals surface area contributed by atoms with Crippen LogP contribution in [0.4, 0.5) is 11.6 Å². The maximum absolute atomic E-state index is 5.31. The third kappa shape index (κ3) is 3.06. The van der Waals surface area contributed by atoms with Crippen LogP contribution in [-0.4, -0.2) is 16.0 Å². The van der Waals surface area contributed by atoms with Gasteiger partial charge >= 0.3 is 0 Å². The first kappa shape index (κ1) is 12.1. The van der Waals surface area contributed by atoms with E-state index in [4.69, 9.17) is 5.84 Å². The number of rotatable bonds is 3. The van der Waals surface area contributed by atoms with Gasteiger partial charge in [0.25, 0.3) is 0 Å². The number of hydrogen-bond acceptors (Lipinski definition) is 5. The monoisotopic (exact) mass is 235 g/mol. The fourth-order valence-electron chi connectivity index (χ4n) is 2.39. The Balaban J connectivity index is 1.96. The van der Waals surface area contributed by atoms with Gasteiger partial charge < -0.3 is 10.7 Å². The fourth-order valence-corrected chi connectivity index (χ4v) is 2.39. The molecule has 1 heterocycles. The summed E-state index contributed by atoms with van der Waals surface area (Å²) in [6.45, 7) is 4.65. The van der Waals surface area contributed by atoms with E-state index in [1.54, 1.807) is 12.4 Å². The van der Waals surface area contributed by atoms with Gasteiger partial charge in [-0.1, -0.05) is 13.8 Å². The zero-order chi connectivity index (χ0) is 12.3. The maximum atomic E-state index is 5.31. The Hall–Kier alpha value is -1.36. The molecule has 0 aliphatic heterocycles. The van der Waals surface area contributed by atoms with Gasteiger partial charge in [0.15, 0.2) is 5.82 Å². The minimum Gasteiger partial charge on any atom is -0.366 e. The SMILES string of the molecule is CC1CCC(Nc2cncc(NN)n2)CC1C. The second kappa shape index (κ2) is 5.31. The van der Waals surface area contributed by atoms with Gasteiger partial charge in [-0.2, -0.15) is 0 Å². The smallest absolute Gasteiger partial charge is 0.160 e. The van der Waals surface area contributed by atoms with Crippen LogP contribution in [0.25, 0.3) is 0 Å². The molecule has 3 atom stereocenters. The summed E-state index contributed by atoms with van der Waals surface area (Å²) in [4.78, 5) is 8.41. The third-order valence-electron chi connectivity index (χ3n) is 3.73. The largest absolute Gasteiger partial charge is 0.366 e. The van der Waals surface area contributed by atoms with Crippen LogP contribution in [0.2, 0.25) is 0 Å². The van der Waals surface area contributed by atoms with E-state index in [2.05, 4.69) is 34.6 Å². The van der Waals surface area contributed by atoms with Gasteiger partial charge in [0.05, 0.1) is 12.4 Å². The first-order valence-electron chi connectivity index (χ1n) is 6.24. The number of aromatic nitrogens is 2. The number of nitrogens with one attached hydrogen (secondary N) is 2. The van der Waals surface area contributed by atoms with E-state index in [0.29, 0.717) is 11.9 Å². The molecule has 2 rings (SSSR count). The van der Waals surface area contributed by atoms with Gasteiger partial charge in [0, 0.05) is 6.04 Å². The lowest BCUT2D eigenvalue weighted by atomic mass is 9.79. The highest BCUT2D eigenvalue weighted by Gasteiger charge is 2.24. The topological polar surface area (TPSA) is 75.9 Å². The van der Waals surface area contributed by atoms with Gasteiger partial charge in [-0.3, -0.25) is 4.98 Å². The molecular formula is C12H21N5. The molecule has 0 spiro atoms. The fraction of sp³-hybridized carbons (Fsp3) is 0.667. The minimum absolute atomic E-state index is 0.503. The first-order chi connectivity index (χ1) is 8.19. The van der Waals surface area contributed by atoms with Gasteiger partial charge in [-0.25, -0.2) is 10.8 Å². The van der Waals surface area contributed by atoms with Crippen LogP contribution in [-0.2, 0) is 0 Å². The molecule has 17 heavy (non-hydrogen) atoms. The van der Waals surface area contributed by atoms with Crippen LogP contribution in [0, 0.1) is 11.8 Å². The van der Waals surface area contributed by atoms with Crippen LogP contribution in [0.15, 0.2) is 12.4 Å². The molecular weight excluding hydrogens is 214 g/mol. The molecule has 0 bridgehead atoms. The molecule has 94 valence electrons. The van der Waals surface area contributed by atoms with Crippen molar-refractivity contribution in [1.82, 2.24) is 9.97 Å². The molecule has 1 aliphatic rings. The summed E-state index contributed by atoms with van der Waals surface area (Å²) >= 11 is 0. The van der Waals surface area contributed by atoms with Crippen molar-refractivity contribution in [3.8, 4) is 0 Å². The summed E-state index contributed by atoms with van der Waals surface area (Å²) in [6.07, 6.45) is 7.03. The summed E-state index contributed by atoms with van der Waals surface area (Å²) in [6, 6.07) is 0.503. The van der Waals surface area contributed by atoms with E-state index in [1.165, 1.54) is 19.3 Å². The van der Waals surface area contributed by atoms with Crippen molar-refractivity contribution >= 4 is 11.6 Å². The second-order valence-electron chi connectivity index (χ2n) is 5.04. The van der Waals surface area contributed by atoms with Crippen LogP contribution in [0.5, 0.6) is 0 Å². The minimum atomic E-state index is 0.503. The molecule has 0 radical (unpaired) electrons. The van der Waals surface area contributed by atoms with E-state index in [-0.39, 0.29) is 0 Å². The standard InChI is InChI=1S/C12H21N5/c1-8-3-4-10(5-9(8)2)15-11-6-14-7-12(16-11)17-13/h6-10H,3-5,13H2,1-2H3,(H2,15,16,17). The summed E-state index contributed by atoms with van der Waals surface area (Å²) in [5, 5.41) is 3.44. The number of hydrazine groups is 1. The number of nitrogens with two attached hydrogens (primary N) is 1. The van der Waals surface area contributed by atoms with Gasteiger partial charge in [0.1, 0.15) is 5.82 Å². The van der Waals surface area contributed by atoms with Crippen molar-refractivity contribution < 1.29 is 0 Å². The van der Waals surface area contributed by atoms with Gasteiger partial charge in [-0.05, 0) is 31.1 Å². The van der Waals surface area contributed by atoms with Gasteiger partial charge in [0.2, 0.25) is 0 Å². The Morgan fingerprint density at radius 1 is 1.18 bits per heavy atom. The molecule has 5 nitrogen and oxygen atoms in total. The van der Waals surface area contributed by atoms with Crippen molar-refractivity contribution in [1.29, 1.82) is 0 Å². The Morgan fingerprint density at radius 3 is 2.65 bits per heavy atom. The molecule has 0 aromatic carbocycles. The lowest BCUT2D eigenvalue weighted by molar-refractivity contribution is 0.260. The normalized spacial score (nSPS) is 28.8. The lowest BCUT2D eigenvalue weighted by Crippen LogP contribution is -2.30. The van der Waals surface area contributed by atoms with E-state index in [1.807, 2.05) is 0 Å². The molecule has 1 aromatic heterocycles. The molecule has 1 aliphatic carbocycles. The van der Waals surface area contributed by atoms with Crippen molar-refractivity contribution in [2.24, 2.45) is 17.7 Å². The van der Waals surface area contributed by atoms with Crippen molar-refractivity contribution in [3.63, 3.8) is 0 Å². The highest BCUT2D eigenvalue weighted by Crippen LogP contribution is 2.30. The summed E-state index contributed by atoms with van der Waals surface area (Å²) < 4.78 is 0. The Morgan fingerprint density at radius 2 is 1.94 bits per heavy atom. The van der Waals surface area contributed by atoms with Gasteiger partial charge in [-0.15, -0.1) is 0 Å². The van der Waals surface area contributed by atoms with E-state index < -0.39 is 0 Å². The molecule has 0 amide bonds. The van der Waals surface area contributed by atoms with Crippen molar-refractivity contribution in [3.05, 3.63) is 12.4 Å². The van der Waals surface area contributed by atoms with E-state index >= 15 is 0 Å². The molecule has 1 saturated carbocycles. The Bertz CT molecular complexity index is 368. The number of anilines is 2. The number of nitrogen functional groups attached to an aromatic ring is 1. The van der Waals surface area contributed by atoms with Crippen LogP contribution >= 0.6 is 0 Å². The van der Waals surface area contributed by atoms with Crippen LogP contribution in [0.1, 0.15) is 33.1 Å². The van der Waals surface area contributed by atoms with Crippen LogP contribution < -0.4 is 16.6 Å². The summed E-state index contributed by atoms with van der Waals surface area (Å²) in [7, 11) is 0. The molecule has 0 saturated heterocycles. The predicted molar refractivity (Wildman–Crippen MR) is 69.4 cm³/mol. The quantitative estimate of drug-likeness (QED) is 0.552. The predicted octanol–water partition coefficient (Wildman–Crippen LogP) is 2.00. The first-order valence-corrected chi connectivity index (χ1v) is 6.24. The Kier molecular flexibility index (Phi) is 3.78. The highest BCUT2D eigenvalue weighted by atomic mass is 15.3. The number of nitrogens with zero attached hydrogens (tertiary/aromatic N) is 2. The summed E-state index contributed by atoms with van der Waals surface area (Å²) in [5.74, 6) is 8.30. The maximum Gasteiger partial charge on any atom is 0.160 e. The molecule has 5 heteroatoms. The van der Waals surface area contributed by atoms with Crippen molar-refractivity contribution in [2.75, 3.05) is 10.7 Å². The van der Waals surface area contributed by atoms with Crippen molar-refractivity contribution in [2.45, 2.75) is 39.2 Å². The second-order valence-corrected chi connectivity index (χ2v) is 5.04.